The topological polar surface area (TPSA) is 73.2 Å². The lowest BCUT2D eigenvalue weighted by molar-refractivity contribution is -0.109. The maximum absolute atomic E-state index is 14.9. The van der Waals surface area contributed by atoms with E-state index in [-0.39, 0.29) is 24.0 Å². The first kappa shape index (κ1) is 31.2. The van der Waals surface area contributed by atoms with Crippen molar-refractivity contribution in [3.8, 4) is 11.4 Å². The molecular formula is C33H44FN3O3. The van der Waals surface area contributed by atoms with Crippen LogP contribution in [-0.2, 0) is 29.1 Å². The average Bonchev–Trinajstić information content (AvgIpc) is 3.30. The molecule has 2 aliphatic rings. The lowest BCUT2D eigenvalue weighted by Crippen LogP contribution is -2.27. The Balaban J connectivity index is 0.000000827. The van der Waals surface area contributed by atoms with Gasteiger partial charge in [-0.05, 0) is 61.4 Å². The number of hydrogen-bond donors (Lipinski definition) is 1. The van der Waals surface area contributed by atoms with Gasteiger partial charge in [0.05, 0.1) is 36.1 Å². The number of nitrogens with one attached hydrogen (secondary N) is 1. The molecule has 0 bridgehead atoms. The highest BCUT2D eigenvalue weighted by Crippen LogP contribution is 2.45. The Morgan fingerprint density at radius 2 is 1.95 bits per heavy atom. The summed E-state index contributed by atoms with van der Waals surface area (Å²) in [5.74, 6) is -0.679. The Kier molecular flexibility index (Phi) is 10.4. The molecular weight excluding hydrogens is 505 g/mol. The molecule has 6 nitrogen and oxygen atoms in total. The first-order chi connectivity index (χ1) is 19.2. The maximum atomic E-state index is 14.9. The summed E-state index contributed by atoms with van der Waals surface area (Å²) in [6.07, 6.45) is 4.25. The van der Waals surface area contributed by atoms with Gasteiger partial charge in [-0.1, -0.05) is 47.6 Å². The summed E-state index contributed by atoms with van der Waals surface area (Å²) in [6.45, 7) is 18.5. The number of nitrogens with zero attached hydrogens (tertiary/aromatic N) is 2. The molecule has 0 fully saturated rings. The van der Waals surface area contributed by atoms with Crippen LogP contribution in [0, 0.1) is 12.7 Å². The van der Waals surface area contributed by atoms with Gasteiger partial charge in [0.15, 0.2) is 0 Å². The molecule has 0 radical (unpaired) electrons. The van der Waals surface area contributed by atoms with Crippen molar-refractivity contribution in [1.29, 1.82) is 0 Å². The summed E-state index contributed by atoms with van der Waals surface area (Å²) >= 11 is 0. The lowest BCUT2D eigenvalue weighted by Gasteiger charge is -2.30. The Morgan fingerprint density at radius 1 is 1.27 bits per heavy atom. The smallest absolute Gasteiger partial charge is 0.257 e. The number of aromatic nitrogens is 2. The minimum absolute atomic E-state index is 0.00888. The minimum Gasteiger partial charge on any atom is -0.382 e. The Hall–Kier alpha value is -3.32. The van der Waals surface area contributed by atoms with Gasteiger partial charge in [-0.3, -0.25) is 4.79 Å². The largest absolute Gasteiger partial charge is 0.382 e. The summed E-state index contributed by atoms with van der Waals surface area (Å²) in [6, 6.07) is 3.40. The fraction of sp³-hybridized carbons (Fsp3) is 0.485. The van der Waals surface area contributed by atoms with E-state index in [1.807, 2.05) is 40.7 Å². The van der Waals surface area contributed by atoms with E-state index in [0.717, 1.165) is 46.9 Å². The van der Waals surface area contributed by atoms with Crippen molar-refractivity contribution >= 4 is 17.2 Å². The first-order valence-electron chi connectivity index (χ1n) is 14.5. The van der Waals surface area contributed by atoms with Gasteiger partial charge in [0.2, 0.25) is 0 Å². The zero-order chi connectivity index (χ0) is 29.7. The standard InChI is InChI=1S/C28H30FN3O3.C3H8.C2H6/c1-6-16(12-33)18-9-24-27-19(11-32(24)28(34)20(18)13-35-5)26-22(30-14(2)3)8-7-17-15(4)21(29)10-23(31-27)25(17)26;1-3-2;1-2/h9-10,12,16,22,30H,2,6-8,11,13H2,1,3-5H3;3H2,1-2H3;1-2H3. The van der Waals surface area contributed by atoms with Crippen molar-refractivity contribution in [2.24, 2.45) is 0 Å². The zero-order valence-corrected chi connectivity index (χ0v) is 25.3. The van der Waals surface area contributed by atoms with Crippen LogP contribution in [0.15, 0.2) is 29.2 Å². The van der Waals surface area contributed by atoms with Crippen molar-refractivity contribution in [3.05, 3.63) is 74.0 Å². The van der Waals surface area contributed by atoms with Gasteiger partial charge < -0.3 is 19.4 Å². The summed E-state index contributed by atoms with van der Waals surface area (Å²) < 4.78 is 22.0. The first-order valence-corrected chi connectivity index (χ1v) is 14.5. The summed E-state index contributed by atoms with van der Waals surface area (Å²) in [7, 11) is 1.54. The summed E-state index contributed by atoms with van der Waals surface area (Å²) in [4.78, 5) is 30.4. The average molecular weight is 550 g/mol. The van der Waals surface area contributed by atoms with Gasteiger partial charge in [-0.15, -0.1) is 0 Å². The number of benzene rings is 1. The van der Waals surface area contributed by atoms with Crippen LogP contribution in [0.4, 0.5) is 4.39 Å². The number of rotatable bonds is 7. The van der Waals surface area contributed by atoms with E-state index < -0.39 is 5.92 Å². The van der Waals surface area contributed by atoms with E-state index in [1.54, 1.807) is 11.7 Å². The third kappa shape index (κ3) is 5.49. The van der Waals surface area contributed by atoms with Crippen LogP contribution in [0.3, 0.4) is 0 Å². The van der Waals surface area contributed by atoms with E-state index in [2.05, 4.69) is 25.7 Å². The molecule has 5 rings (SSSR count). The van der Waals surface area contributed by atoms with Gasteiger partial charge in [0, 0.05) is 41.3 Å². The number of carbonyl (C=O) groups excluding carboxylic acids is 1. The second-order valence-corrected chi connectivity index (χ2v) is 10.4. The number of pyridine rings is 2. The van der Waals surface area contributed by atoms with Crippen molar-refractivity contribution < 1.29 is 13.9 Å². The number of aryl methyl sites for hydroxylation is 1. The molecule has 0 spiro atoms. The highest BCUT2D eigenvalue weighted by molar-refractivity contribution is 5.93. The van der Waals surface area contributed by atoms with Gasteiger partial charge in [-0.25, -0.2) is 9.37 Å². The van der Waals surface area contributed by atoms with Crippen LogP contribution in [-0.4, -0.2) is 22.9 Å². The van der Waals surface area contributed by atoms with Gasteiger partial charge in [-0.2, -0.15) is 0 Å². The number of fused-ring (bicyclic) bond motifs is 4. The zero-order valence-electron chi connectivity index (χ0n) is 25.3. The second kappa shape index (κ2) is 13.4. The molecule has 2 unspecified atom stereocenters. The number of hydrogen-bond acceptors (Lipinski definition) is 5. The molecule has 1 aliphatic carbocycles. The number of methoxy groups -OCH3 is 1. The van der Waals surface area contributed by atoms with E-state index in [0.29, 0.717) is 46.6 Å². The highest BCUT2D eigenvalue weighted by atomic mass is 19.1. The van der Waals surface area contributed by atoms with Crippen LogP contribution in [0.5, 0.6) is 0 Å². The molecule has 2 atom stereocenters. The number of halogens is 1. The molecule has 216 valence electrons. The fourth-order valence-corrected chi connectivity index (χ4v) is 5.81. The Bertz CT molecular complexity index is 1470. The molecule has 1 aliphatic heterocycles. The maximum Gasteiger partial charge on any atom is 0.257 e. The van der Waals surface area contributed by atoms with Crippen molar-refractivity contribution in [2.75, 3.05) is 7.11 Å². The lowest BCUT2D eigenvalue weighted by atomic mass is 9.81. The molecule has 7 heteroatoms. The minimum atomic E-state index is -0.411. The van der Waals surface area contributed by atoms with E-state index in [4.69, 9.17) is 9.72 Å². The number of aldehydes is 1. The van der Waals surface area contributed by atoms with Crippen molar-refractivity contribution in [3.63, 3.8) is 0 Å². The molecule has 40 heavy (non-hydrogen) atoms. The normalized spacial score (nSPS) is 15.2. The van der Waals surface area contributed by atoms with Crippen LogP contribution in [0.1, 0.15) is 106 Å². The van der Waals surface area contributed by atoms with Crippen LogP contribution < -0.4 is 10.9 Å². The molecule has 2 aromatic heterocycles. The number of carbonyl (C=O) groups is 1. The Morgan fingerprint density at radius 3 is 2.52 bits per heavy atom. The Labute approximate surface area is 237 Å². The van der Waals surface area contributed by atoms with Crippen LogP contribution >= 0.6 is 0 Å². The van der Waals surface area contributed by atoms with Crippen molar-refractivity contribution in [1.82, 2.24) is 14.9 Å². The molecule has 1 aromatic carbocycles. The van der Waals surface area contributed by atoms with Gasteiger partial charge in [0.25, 0.3) is 5.56 Å². The molecule has 3 aromatic rings. The third-order valence-electron chi connectivity index (χ3n) is 7.48. The third-order valence-corrected chi connectivity index (χ3v) is 7.48. The summed E-state index contributed by atoms with van der Waals surface area (Å²) in [5.41, 5.74) is 7.48. The monoisotopic (exact) mass is 549 g/mol. The molecule has 1 N–H and O–H groups in total. The van der Waals surface area contributed by atoms with Gasteiger partial charge >= 0.3 is 0 Å². The highest BCUT2D eigenvalue weighted by Gasteiger charge is 2.34. The van der Waals surface area contributed by atoms with E-state index in [9.17, 15) is 14.0 Å². The SMILES string of the molecule is C=C(C)NC1CCc2c(C)c(F)cc3nc4c(c1c23)Cn1c-4cc(C(C=O)CC)c(COC)c1=O.CC.CCC. The summed E-state index contributed by atoms with van der Waals surface area (Å²) in [5, 5.41) is 4.47. The molecule has 0 saturated heterocycles. The van der Waals surface area contributed by atoms with E-state index in [1.165, 1.54) is 12.5 Å². The van der Waals surface area contributed by atoms with Crippen LogP contribution in [0.2, 0.25) is 0 Å². The number of allylic oxidation sites excluding steroid dienone is 1. The number of ether oxygens (including phenoxy) is 1. The fourth-order valence-electron chi connectivity index (χ4n) is 5.81. The quantitative estimate of drug-likeness (QED) is 0.246. The van der Waals surface area contributed by atoms with Gasteiger partial charge in [0.1, 0.15) is 12.1 Å². The van der Waals surface area contributed by atoms with Crippen molar-refractivity contribution in [2.45, 2.75) is 99.3 Å². The molecule has 0 saturated carbocycles. The molecule has 0 amide bonds. The second-order valence-electron chi connectivity index (χ2n) is 10.4. The predicted molar refractivity (Wildman–Crippen MR) is 161 cm³/mol. The molecule has 3 heterocycles. The van der Waals surface area contributed by atoms with Crippen LogP contribution in [0.25, 0.3) is 22.3 Å². The van der Waals surface area contributed by atoms with E-state index >= 15 is 0 Å². The predicted octanol–water partition coefficient (Wildman–Crippen LogP) is 7.26.